The third kappa shape index (κ3) is 3.44. The molecule has 8 heteroatoms. The van der Waals surface area contributed by atoms with Gasteiger partial charge in [-0.05, 0) is 18.6 Å². The van der Waals surface area contributed by atoms with Gasteiger partial charge in [-0.3, -0.25) is 9.63 Å². The fraction of sp³-hybridized carbons (Fsp3) is 0.364. The van der Waals surface area contributed by atoms with Crippen LogP contribution in [0.1, 0.15) is 5.56 Å². The highest BCUT2D eigenvalue weighted by atomic mass is 19.3. The van der Waals surface area contributed by atoms with Gasteiger partial charge in [0.05, 0.1) is 6.20 Å². The van der Waals surface area contributed by atoms with Gasteiger partial charge in [0.15, 0.2) is 5.65 Å². The van der Waals surface area contributed by atoms with Crippen LogP contribution in [0.4, 0.5) is 8.78 Å². The maximum absolute atomic E-state index is 11.8. The van der Waals surface area contributed by atoms with Gasteiger partial charge in [0.1, 0.15) is 13.2 Å². The van der Waals surface area contributed by atoms with Crippen LogP contribution in [0.3, 0.4) is 0 Å². The van der Waals surface area contributed by atoms with Gasteiger partial charge in [-0.2, -0.15) is 5.10 Å². The monoisotopic (exact) mass is 270 g/mol. The number of nitrogens with one attached hydrogen (secondary N) is 1. The summed E-state index contributed by atoms with van der Waals surface area (Å²) in [5.74, 6) is -0.576. The number of hydrogen-bond acceptors (Lipinski definition) is 4. The van der Waals surface area contributed by atoms with E-state index in [4.69, 9.17) is 0 Å². The lowest BCUT2D eigenvalue weighted by Gasteiger charge is -2.05. The van der Waals surface area contributed by atoms with Crippen molar-refractivity contribution in [2.45, 2.75) is 19.9 Å². The quantitative estimate of drug-likeness (QED) is 0.825. The molecule has 0 atom stereocenters. The second kappa shape index (κ2) is 5.70. The molecule has 6 nitrogen and oxygen atoms in total. The molecule has 1 N–H and O–H groups in total. The lowest BCUT2D eigenvalue weighted by molar-refractivity contribution is -0.137. The van der Waals surface area contributed by atoms with Crippen molar-refractivity contribution in [3.63, 3.8) is 0 Å². The number of fused-ring (bicyclic) bond motifs is 1. The van der Waals surface area contributed by atoms with Gasteiger partial charge < -0.3 is 0 Å². The van der Waals surface area contributed by atoms with E-state index in [2.05, 4.69) is 14.9 Å². The molecule has 0 aliphatic rings. The first-order chi connectivity index (χ1) is 9.06. The largest absolute Gasteiger partial charge is 0.271 e. The third-order valence-corrected chi connectivity index (χ3v) is 2.30. The Hall–Kier alpha value is -2.09. The maximum atomic E-state index is 11.8. The highest BCUT2D eigenvalue weighted by Gasteiger charge is 2.10. The molecule has 0 saturated heterocycles. The van der Waals surface area contributed by atoms with E-state index in [9.17, 15) is 13.6 Å². The molecule has 0 aliphatic heterocycles. The number of alkyl halides is 2. The van der Waals surface area contributed by atoms with E-state index in [1.54, 1.807) is 12.4 Å². The number of halogens is 2. The van der Waals surface area contributed by atoms with Gasteiger partial charge in [0, 0.05) is 11.6 Å². The zero-order valence-corrected chi connectivity index (χ0v) is 10.1. The first-order valence-corrected chi connectivity index (χ1v) is 5.53. The average Bonchev–Trinajstić information content (AvgIpc) is 2.71. The number of carbonyl (C=O) groups excluding carboxylic acids is 1. The summed E-state index contributed by atoms with van der Waals surface area (Å²) in [6, 6.07) is 1.89. The Labute approximate surface area is 107 Å². The van der Waals surface area contributed by atoms with Crippen molar-refractivity contribution >= 4 is 16.9 Å². The molecular formula is C11H12F2N4O2. The van der Waals surface area contributed by atoms with E-state index < -0.39 is 18.9 Å². The second-order valence-electron chi connectivity index (χ2n) is 3.96. The molecule has 102 valence electrons. The summed E-state index contributed by atoms with van der Waals surface area (Å²) in [6.07, 6.45) is 0.615. The minimum absolute atomic E-state index is 0.150. The minimum Gasteiger partial charge on any atom is -0.271 e. The number of rotatable bonds is 5. The summed E-state index contributed by atoms with van der Waals surface area (Å²) in [7, 11) is 0. The Morgan fingerprint density at radius 2 is 2.32 bits per heavy atom. The number of carbonyl (C=O) groups is 1. The first kappa shape index (κ1) is 13.3. The van der Waals surface area contributed by atoms with Crippen LogP contribution in [0.15, 0.2) is 18.5 Å². The van der Waals surface area contributed by atoms with Crippen molar-refractivity contribution in [1.29, 1.82) is 0 Å². The molecule has 0 fully saturated rings. The van der Waals surface area contributed by atoms with E-state index in [0.717, 1.165) is 10.9 Å². The Kier molecular flexibility index (Phi) is 4.00. The number of hydroxylamine groups is 1. The molecule has 0 unspecified atom stereocenters. The van der Waals surface area contributed by atoms with E-state index in [-0.39, 0.29) is 6.54 Å². The molecule has 2 heterocycles. The summed E-state index contributed by atoms with van der Waals surface area (Å²) in [6.45, 7) is 0.903. The van der Waals surface area contributed by atoms with Crippen molar-refractivity contribution < 1.29 is 18.4 Å². The molecule has 2 rings (SSSR count). The smallest absolute Gasteiger partial charge is 0.265 e. The highest BCUT2D eigenvalue weighted by Crippen LogP contribution is 2.11. The normalized spacial score (nSPS) is 11.2. The van der Waals surface area contributed by atoms with Crippen molar-refractivity contribution in [2.75, 3.05) is 6.61 Å². The number of hydrogen-bond donors (Lipinski definition) is 1. The molecule has 0 saturated carbocycles. The summed E-state index contributed by atoms with van der Waals surface area (Å²) in [5, 5.41) is 4.82. The van der Waals surface area contributed by atoms with Gasteiger partial charge in [0.2, 0.25) is 0 Å². The number of nitrogens with zero attached hydrogens (tertiary/aromatic N) is 3. The standard InChI is InChI=1S/C11H12F2N4O2/c1-7-2-8-4-15-17(11(8)14-3-7)5-10(18)16-19-6-9(12)13/h2-4,9H,5-6H2,1H3,(H,16,18). The number of aryl methyl sites for hydroxylation is 1. The molecule has 0 aromatic carbocycles. The lowest BCUT2D eigenvalue weighted by Crippen LogP contribution is -2.29. The number of pyridine rings is 1. The van der Waals surface area contributed by atoms with Crippen molar-refractivity contribution in [3.8, 4) is 0 Å². The zero-order chi connectivity index (χ0) is 13.8. The predicted molar refractivity (Wildman–Crippen MR) is 62.4 cm³/mol. The van der Waals surface area contributed by atoms with E-state index in [1.165, 1.54) is 4.68 Å². The van der Waals surface area contributed by atoms with Crippen LogP contribution in [-0.4, -0.2) is 33.7 Å². The molecule has 0 bridgehead atoms. The highest BCUT2D eigenvalue weighted by molar-refractivity contribution is 5.79. The van der Waals surface area contributed by atoms with Crippen LogP contribution in [-0.2, 0) is 16.2 Å². The van der Waals surface area contributed by atoms with Crippen molar-refractivity contribution in [1.82, 2.24) is 20.2 Å². The molecule has 19 heavy (non-hydrogen) atoms. The molecular weight excluding hydrogens is 258 g/mol. The summed E-state index contributed by atoms with van der Waals surface area (Å²) in [5.41, 5.74) is 3.45. The number of amides is 1. The van der Waals surface area contributed by atoms with Crippen LogP contribution in [0.25, 0.3) is 11.0 Å². The molecule has 0 aliphatic carbocycles. The van der Waals surface area contributed by atoms with Crippen LogP contribution in [0.5, 0.6) is 0 Å². The molecule has 2 aromatic rings. The minimum atomic E-state index is -2.63. The maximum Gasteiger partial charge on any atom is 0.265 e. The topological polar surface area (TPSA) is 69.0 Å². The van der Waals surface area contributed by atoms with Gasteiger partial charge in [0.25, 0.3) is 12.3 Å². The van der Waals surface area contributed by atoms with E-state index in [1.807, 2.05) is 18.5 Å². The fourth-order valence-electron chi connectivity index (χ4n) is 1.55. The second-order valence-corrected chi connectivity index (χ2v) is 3.96. The van der Waals surface area contributed by atoms with Crippen molar-refractivity contribution in [2.24, 2.45) is 0 Å². The van der Waals surface area contributed by atoms with Crippen molar-refractivity contribution in [3.05, 3.63) is 24.0 Å². The summed E-state index contributed by atoms with van der Waals surface area (Å²) in [4.78, 5) is 19.9. The Balaban J connectivity index is 1.99. The summed E-state index contributed by atoms with van der Waals surface area (Å²) >= 11 is 0. The van der Waals surface area contributed by atoms with Crippen LogP contribution >= 0.6 is 0 Å². The zero-order valence-electron chi connectivity index (χ0n) is 10.1. The average molecular weight is 270 g/mol. The SMILES string of the molecule is Cc1cnc2c(cnn2CC(=O)NOCC(F)F)c1. The van der Waals surface area contributed by atoms with E-state index >= 15 is 0 Å². The predicted octanol–water partition coefficient (Wildman–Crippen LogP) is 1.05. The van der Waals surface area contributed by atoms with Gasteiger partial charge >= 0.3 is 0 Å². The lowest BCUT2D eigenvalue weighted by atomic mass is 10.3. The molecule has 1 amide bonds. The Morgan fingerprint density at radius 3 is 3.05 bits per heavy atom. The van der Waals surface area contributed by atoms with Gasteiger partial charge in [-0.1, -0.05) is 0 Å². The van der Waals surface area contributed by atoms with Crippen LogP contribution < -0.4 is 5.48 Å². The number of aromatic nitrogens is 3. The van der Waals surface area contributed by atoms with Crippen LogP contribution in [0.2, 0.25) is 0 Å². The van der Waals surface area contributed by atoms with E-state index in [0.29, 0.717) is 5.65 Å². The molecule has 2 aromatic heterocycles. The van der Waals surface area contributed by atoms with Crippen LogP contribution in [0, 0.1) is 6.92 Å². The Bertz CT molecular complexity index is 585. The Morgan fingerprint density at radius 1 is 1.53 bits per heavy atom. The fourth-order valence-corrected chi connectivity index (χ4v) is 1.55. The first-order valence-electron chi connectivity index (χ1n) is 5.53. The third-order valence-electron chi connectivity index (χ3n) is 2.30. The molecule has 0 spiro atoms. The molecule has 0 radical (unpaired) electrons. The summed E-state index contributed by atoms with van der Waals surface area (Å²) < 4.78 is 25.0. The van der Waals surface area contributed by atoms with Gasteiger partial charge in [-0.15, -0.1) is 0 Å². The van der Waals surface area contributed by atoms with Gasteiger partial charge in [-0.25, -0.2) is 23.9 Å².